The molecule has 1 heterocycles. The number of halogens is 1. The highest BCUT2D eigenvalue weighted by Crippen LogP contribution is 2.29. The molecular formula is C14H28BrNO. The lowest BCUT2D eigenvalue weighted by Gasteiger charge is -2.48. The lowest BCUT2D eigenvalue weighted by molar-refractivity contribution is -0.181. The van der Waals surface area contributed by atoms with Crippen molar-refractivity contribution in [3.63, 3.8) is 0 Å². The van der Waals surface area contributed by atoms with Crippen LogP contribution < -0.4 is 0 Å². The van der Waals surface area contributed by atoms with Crippen LogP contribution in [0.1, 0.15) is 47.5 Å². The van der Waals surface area contributed by atoms with Crippen LogP contribution in [0.3, 0.4) is 0 Å². The lowest BCUT2D eigenvalue weighted by atomic mass is 9.97. The van der Waals surface area contributed by atoms with Crippen LogP contribution in [0, 0.1) is 5.92 Å². The molecule has 0 aliphatic carbocycles. The Hall–Kier alpha value is 0.400. The molecule has 1 saturated heterocycles. The second kappa shape index (κ2) is 6.03. The summed E-state index contributed by atoms with van der Waals surface area (Å²) < 4.78 is 6.11. The highest BCUT2D eigenvalue weighted by molar-refractivity contribution is 9.09. The van der Waals surface area contributed by atoms with Crippen molar-refractivity contribution in [3.8, 4) is 0 Å². The number of rotatable bonds is 5. The maximum absolute atomic E-state index is 6.11. The SMILES string of the molecule is CCCC(CBr)CN1CC(C)(C)OC(C)(C)C1. The van der Waals surface area contributed by atoms with Gasteiger partial charge in [0.25, 0.3) is 0 Å². The molecule has 1 aliphatic rings. The van der Waals surface area contributed by atoms with Gasteiger partial charge < -0.3 is 4.74 Å². The Morgan fingerprint density at radius 2 is 1.71 bits per heavy atom. The van der Waals surface area contributed by atoms with Crippen molar-refractivity contribution >= 4 is 15.9 Å². The number of hydrogen-bond donors (Lipinski definition) is 0. The maximum atomic E-state index is 6.11. The van der Waals surface area contributed by atoms with Gasteiger partial charge in [0.05, 0.1) is 11.2 Å². The van der Waals surface area contributed by atoms with Crippen LogP contribution in [0.5, 0.6) is 0 Å². The minimum Gasteiger partial charge on any atom is -0.367 e. The molecule has 0 aromatic heterocycles. The smallest absolute Gasteiger partial charge is 0.0760 e. The Bertz CT molecular complexity index is 224. The molecule has 2 nitrogen and oxygen atoms in total. The molecule has 1 unspecified atom stereocenters. The van der Waals surface area contributed by atoms with Gasteiger partial charge in [-0.1, -0.05) is 29.3 Å². The van der Waals surface area contributed by atoms with Gasteiger partial charge in [0, 0.05) is 25.0 Å². The van der Waals surface area contributed by atoms with Gasteiger partial charge in [0.15, 0.2) is 0 Å². The third kappa shape index (κ3) is 5.27. The molecule has 0 aromatic rings. The number of alkyl halides is 1. The van der Waals surface area contributed by atoms with Crippen molar-refractivity contribution in [1.29, 1.82) is 0 Å². The van der Waals surface area contributed by atoms with E-state index in [1.165, 1.54) is 19.4 Å². The Balaban J connectivity index is 2.58. The summed E-state index contributed by atoms with van der Waals surface area (Å²) in [5.41, 5.74) is -0.0460. The molecule has 0 N–H and O–H groups in total. The van der Waals surface area contributed by atoms with Gasteiger partial charge in [-0.2, -0.15) is 0 Å². The Morgan fingerprint density at radius 1 is 1.18 bits per heavy atom. The van der Waals surface area contributed by atoms with Gasteiger partial charge in [0.1, 0.15) is 0 Å². The average Bonchev–Trinajstić information content (AvgIpc) is 2.11. The van der Waals surface area contributed by atoms with E-state index in [2.05, 4.69) is 55.4 Å². The van der Waals surface area contributed by atoms with E-state index in [4.69, 9.17) is 4.74 Å². The van der Waals surface area contributed by atoms with Gasteiger partial charge in [0.2, 0.25) is 0 Å². The third-order valence-corrected chi connectivity index (χ3v) is 4.11. The van der Waals surface area contributed by atoms with E-state index in [1.807, 2.05) is 0 Å². The molecule has 3 heteroatoms. The summed E-state index contributed by atoms with van der Waals surface area (Å²) in [6, 6.07) is 0. The van der Waals surface area contributed by atoms with E-state index in [1.54, 1.807) is 0 Å². The second-order valence-electron chi connectivity index (χ2n) is 6.60. The molecule has 0 saturated carbocycles. The average molecular weight is 306 g/mol. The second-order valence-corrected chi connectivity index (χ2v) is 7.25. The van der Waals surface area contributed by atoms with Crippen molar-refractivity contribution in [3.05, 3.63) is 0 Å². The molecule has 1 aliphatic heterocycles. The minimum atomic E-state index is -0.0230. The molecule has 102 valence electrons. The molecule has 1 rings (SSSR count). The summed E-state index contributed by atoms with van der Waals surface area (Å²) in [5.74, 6) is 0.768. The Kier molecular flexibility index (Phi) is 5.48. The van der Waals surface area contributed by atoms with E-state index < -0.39 is 0 Å². The van der Waals surface area contributed by atoms with E-state index in [0.717, 1.165) is 24.3 Å². The summed E-state index contributed by atoms with van der Waals surface area (Å²) >= 11 is 3.64. The van der Waals surface area contributed by atoms with Crippen molar-refractivity contribution < 1.29 is 4.74 Å². The highest BCUT2D eigenvalue weighted by atomic mass is 79.9. The van der Waals surface area contributed by atoms with E-state index in [9.17, 15) is 0 Å². The van der Waals surface area contributed by atoms with Crippen molar-refractivity contribution in [2.45, 2.75) is 58.7 Å². The Labute approximate surface area is 115 Å². The first-order chi connectivity index (χ1) is 7.78. The van der Waals surface area contributed by atoms with Crippen molar-refractivity contribution in [1.82, 2.24) is 4.90 Å². The van der Waals surface area contributed by atoms with Gasteiger partial charge in [-0.3, -0.25) is 4.90 Å². The van der Waals surface area contributed by atoms with Crippen LogP contribution in [0.25, 0.3) is 0 Å². The molecule has 1 fully saturated rings. The summed E-state index contributed by atoms with van der Waals surface area (Å²) in [6.45, 7) is 14.3. The van der Waals surface area contributed by atoms with Crippen LogP contribution in [0.2, 0.25) is 0 Å². The van der Waals surface area contributed by atoms with Gasteiger partial charge in [-0.25, -0.2) is 0 Å². The quantitative estimate of drug-likeness (QED) is 0.718. The zero-order valence-electron chi connectivity index (χ0n) is 12.1. The van der Waals surface area contributed by atoms with E-state index >= 15 is 0 Å². The predicted octanol–water partition coefficient (Wildman–Crippen LogP) is 3.69. The first-order valence-electron chi connectivity index (χ1n) is 6.76. The van der Waals surface area contributed by atoms with Gasteiger partial charge >= 0.3 is 0 Å². The first-order valence-corrected chi connectivity index (χ1v) is 7.88. The highest BCUT2D eigenvalue weighted by Gasteiger charge is 2.38. The van der Waals surface area contributed by atoms with Gasteiger partial charge in [-0.05, 0) is 40.0 Å². The Morgan fingerprint density at radius 3 is 2.12 bits per heavy atom. The van der Waals surface area contributed by atoms with Crippen LogP contribution in [0.15, 0.2) is 0 Å². The summed E-state index contributed by atoms with van der Waals surface area (Å²) in [7, 11) is 0. The summed E-state index contributed by atoms with van der Waals surface area (Å²) in [5, 5.41) is 1.11. The lowest BCUT2D eigenvalue weighted by Crippen LogP contribution is -2.57. The standard InChI is InChI=1S/C14H28BrNO/c1-6-7-12(8-15)9-16-10-13(2,3)17-14(4,5)11-16/h12H,6-11H2,1-5H3. The normalized spacial score (nSPS) is 25.8. The molecule has 0 bridgehead atoms. The van der Waals surface area contributed by atoms with E-state index in [-0.39, 0.29) is 11.2 Å². The van der Waals surface area contributed by atoms with E-state index in [0.29, 0.717) is 0 Å². The topological polar surface area (TPSA) is 12.5 Å². The molecule has 0 amide bonds. The fourth-order valence-corrected chi connectivity index (χ4v) is 3.59. The number of hydrogen-bond acceptors (Lipinski definition) is 2. The molecule has 0 radical (unpaired) electrons. The zero-order valence-corrected chi connectivity index (χ0v) is 13.6. The van der Waals surface area contributed by atoms with Crippen molar-refractivity contribution in [2.24, 2.45) is 5.92 Å². The van der Waals surface area contributed by atoms with Crippen LogP contribution in [-0.4, -0.2) is 41.1 Å². The van der Waals surface area contributed by atoms with Crippen LogP contribution in [0.4, 0.5) is 0 Å². The number of morpholine rings is 1. The zero-order chi connectivity index (χ0) is 13.1. The number of ether oxygens (including phenoxy) is 1. The molecule has 0 spiro atoms. The summed E-state index contributed by atoms with van der Waals surface area (Å²) in [6.07, 6.45) is 2.58. The van der Waals surface area contributed by atoms with Crippen LogP contribution in [-0.2, 0) is 4.74 Å². The summed E-state index contributed by atoms with van der Waals surface area (Å²) in [4.78, 5) is 2.57. The molecular weight excluding hydrogens is 278 g/mol. The maximum Gasteiger partial charge on any atom is 0.0760 e. The third-order valence-electron chi connectivity index (χ3n) is 3.19. The molecule has 1 atom stereocenters. The number of nitrogens with zero attached hydrogens (tertiary/aromatic N) is 1. The van der Waals surface area contributed by atoms with Crippen molar-refractivity contribution in [2.75, 3.05) is 25.0 Å². The first kappa shape index (κ1) is 15.5. The fourth-order valence-electron chi connectivity index (χ4n) is 3.07. The monoisotopic (exact) mass is 305 g/mol. The molecule has 0 aromatic carbocycles. The largest absolute Gasteiger partial charge is 0.367 e. The minimum absolute atomic E-state index is 0.0230. The molecule has 17 heavy (non-hydrogen) atoms. The predicted molar refractivity (Wildman–Crippen MR) is 77.9 cm³/mol. The van der Waals surface area contributed by atoms with Gasteiger partial charge in [-0.15, -0.1) is 0 Å². The fraction of sp³-hybridized carbons (Fsp3) is 1.00. The van der Waals surface area contributed by atoms with Crippen LogP contribution >= 0.6 is 15.9 Å².